The normalized spacial score (nSPS) is 9.86. The highest BCUT2D eigenvalue weighted by Crippen LogP contribution is 2.06. The molecular weight excluding hydrogens is 312 g/mol. The van der Waals surface area contributed by atoms with Crippen LogP contribution in [0.1, 0.15) is 16.8 Å². The molecule has 1 aromatic carbocycles. The van der Waals surface area contributed by atoms with Gasteiger partial charge in [-0.3, -0.25) is 4.79 Å². The Morgan fingerprint density at radius 1 is 1.36 bits per heavy atom. The summed E-state index contributed by atoms with van der Waals surface area (Å²) in [7, 11) is 0. The topological polar surface area (TPSA) is 29.1 Å². The third kappa shape index (κ3) is 3.84. The zero-order chi connectivity index (χ0) is 10.4. The van der Waals surface area contributed by atoms with Crippen molar-refractivity contribution in [3.05, 3.63) is 33.4 Å². The molecule has 0 spiro atoms. The van der Waals surface area contributed by atoms with Crippen LogP contribution in [0.15, 0.2) is 24.3 Å². The lowest BCUT2D eigenvalue weighted by Crippen LogP contribution is -2.24. The van der Waals surface area contributed by atoms with Crippen LogP contribution in [0.4, 0.5) is 0 Å². The van der Waals surface area contributed by atoms with E-state index < -0.39 is 0 Å². The van der Waals surface area contributed by atoms with E-state index in [-0.39, 0.29) is 5.91 Å². The number of carbonyl (C=O) groups excluding carboxylic acids is 1. The molecule has 0 fully saturated rings. The lowest BCUT2D eigenvalue weighted by molar-refractivity contribution is 0.0954. The summed E-state index contributed by atoms with van der Waals surface area (Å²) in [5.74, 6) is 0.541. The highest BCUT2D eigenvalue weighted by atomic mass is 127. The maximum Gasteiger partial charge on any atom is 0.251 e. The van der Waals surface area contributed by atoms with E-state index >= 15 is 0 Å². The maximum absolute atomic E-state index is 11.5. The zero-order valence-electron chi connectivity index (χ0n) is 7.59. The van der Waals surface area contributed by atoms with Crippen LogP contribution < -0.4 is 5.32 Å². The number of amides is 1. The third-order valence-corrected chi connectivity index (χ3v) is 2.69. The molecule has 1 amide bonds. The second-order valence-corrected chi connectivity index (χ2v) is 4.43. The lowest BCUT2D eigenvalue weighted by Gasteiger charge is -2.03. The largest absolute Gasteiger partial charge is 0.352 e. The molecule has 0 aliphatic rings. The van der Waals surface area contributed by atoms with E-state index in [0.717, 1.165) is 9.99 Å². The molecule has 0 heterocycles. The number of rotatable bonds is 4. The Kier molecular flexibility index (Phi) is 5.25. The van der Waals surface area contributed by atoms with Gasteiger partial charge in [-0.2, -0.15) is 0 Å². The number of nitrogens with one attached hydrogen (secondary N) is 1. The molecule has 1 N–H and O–H groups in total. The lowest BCUT2D eigenvalue weighted by atomic mass is 10.2. The van der Waals surface area contributed by atoms with Gasteiger partial charge in [-0.05, 0) is 53.3 Å². The van der Waals surface area contributed by atoms with E-state index in [1.807, 2.05) is 24.3 Å². The van der Waals surface area contributed by atoms with Crippen LogP contribution in [0.25, 0.3) is 0 Å². The molecule has 0 saturated carbocycles. The van der Waals surface area contributed by atoms with E-state index in [2.05, 4.69) is 27.9 Å². The molecule has 0 bridgehead atoms. The van der Waals surface area contributed by atoms with Crippen molar-refractivity contribution < 1.29 is 4.79 Å². The fourth-order valence-corrected chi connectivity index (χ4v) is 1.47. The fraction of sp³-hybridized carbons (Fsp3) is 0.300. The molecule has 0 saturated heterocycles. The molecule has 0 unspecified atom stereocenters. The first-order valence-corrected chi connectivity index (χ1v) is 5.95. The standard InChI is InChI=1S/C10H11ClINO/c11-6-1-7-13-10(14)8-2-4-9(12)5-3-8/h2-5H,1,6-7H2,(H,13,14). The minimum Gasteiger partial charge on any atom is -0.352 e. The molecule has 0 aromatic heterocycles. The van der Waals surface area contributed by atoms with Gasteiger partial charge in [0, 0.05) is 21.6 Å². The Morgan fingerprint density at radius 3 is 2.57 bits per heavy atom. The van der Waals surface area contributed by atoms with E-state index in [4.69, 9.17) is 11.6 Å². The number of alkyl halides is 1. The molecule has 1 aromatic rings. The number of halogens is 2. The first-order chi connectivity index (χ1) is 6.74. The van der Waals surface area contributed by atoms with Crippen LogP contribution in [0.5, 0.6) is 0 Å². The van der Waals surface area contributed by atoms with Crippen molar-refractivity contribution in [1.82, 2.24) is 5.32 Å². The van der Waals surface area contributed by atoms with E-state index in [1.54, 1.807) is 0 Å². The Bertz CT molecular complexity index is 299. The van der Waals surface area contributed by atoms with E-state index in [1.165, 1.54) is 0 Å². The van der Waals surface area contributed by atoms with Crippen LogP contribution in [-0.4, -0.2) is 18.3 Å². The maximum atomic E-state index is 11.5. The monoisotopic (exact) mass is 323 g/mol. The first-order valence-electron chi connectivity index (χ1n) is 4.34. The van der Waals surface area contributed by atoms with Crippen LogP contribution >= 0.6 is 34.2 Å². The van der Waals surface area contributed by atoms with E-state index in [0.29, 0.717) is 18.0 Å². The van der Waals surface area contributed by atoms with Gasteiger partial charge < -0.3 is 5.32 Å². The van der Waals surface area contributed by atoms with Crippen LogP contribution in [0.2, 0.25) is 0 Å². The van der Waals surface area contributed by atoms with Crippen molar-refractivity contribution in [1.29, 1.82) is 0 Å². The number of carbonyl (C=O) groups is 1. The highest BCUT2D eigenvalue weighted by Gasteiger charge is 2.02. The molecule has 0 atom stereocenters. The molecule has 0 aliphatic heterocycles. The van der Waals surface area contributed by atoms with Gasteiger partial charge in [0.1, 0.15) is 0 Å². The highest BCUT2D eigenvalue weighted by molar-refractivity contribution is 14.1. The average molecular weight is 324 g/mol. The Morgan fingerprint density at radius 2 is 2.00 bits per heavy atom. The molecule has 4 heteroatoms. The number of hydrogen-bond donors (Lipinski definition) is 1. The van der Waals surface area contributed by atoms with Crippen LogP contribution in [0.3, 0.4) is 0 Å². The van der Waals surface area contributed by atoms with Gasteiger partial charge in [0.2, 0.25) is 0 Å². The van der Waals surface area contributed by atoms with Gasteiger partial charge in [-0.15, -0.1) is 11.6 Å². The van der Waals surface area contributed by atoms with Crippen LogP contribution in [0, 0.1) is 3.57 Å². The molecular formula is C10H11ClINO. The predicted octanol–water partition coefficient (Wildman–Crippen LogP) is 2.65. The molecule has 0 aliphatic carbocycles. The van der Waals surface area contributed by atoms with Gasteiger partial charge in [0.25, 0.3) is 5.91 Å². The van der Waals surface area contributed by atoms with Crippen molar-refractivity contribution in [3.63, 3.8) is 0 Å². The summed E-state index contributed by atoms with van der Waals surface area (Å²) >= 11 is 7.70. The SMILES string of the molecule is O=C(NCCCCl)c1ccc(I)cc1. The molecule has 2 nitrogen and oxygen atoms in total. The van der Waals surface area contributed by atoms with Crippen molar-refractivity contribution in [3.8, 4) is 0 Å². The van der Waals surface area contributed by atoms with Crippen molar-refractivity contribution >= 4 is 40.1 Å². The van der Waals surface area contributed by atoms with E-state index in [9.17, 15) is 4.79 Å². The summed E-state index contributed by atoms with van der Waals surface area (Å²) in [6.45, 7) is 0.633. The summed E-state index contributed by atoms with van der Waals surface area (Å²) in [6.07, 6.45) is 0.803. The van der Waals surface area contributed by atoms with Crippen LogP contribution in [-0.2, 0) is 0 Å². The third-order valence-electron chi connectivity index (χ3n) is 1.70. The van der Waals surface area contributed by atoms with Gasteiger partial charge in [-0.1, -0.05) is 0 Å². The fourth-order valence-electron chi connectivity index (χ4n) is 0.972. The van der Waals surface area contributed by atoms with Crippen molar-refractivity contribution in [2.24, 2.45) is 0 Å². The molecule has 1 rings (SSSR count). The zero-order valence-corrected chi connectivity index (χ0v) is 10.5. The summed E-state index contributed by atoms with van der Waals surface area (Å²) < 4.78 is 1.12. The van der Waals surface area contributed by atoms with Crippen molar-refractivity contribution in [2.45, 2.75) is 6.42 Å². The summed E-state index contributed by atoms with van der Waals surface area (Å²) in [6, 6.07) is 7.46. The predicted molar refractivity (Wildman–Crippen MR) is 66.8 cm³/mol. The van der Waals surface area contributed by atoms with Gasteiger partial charge in [0.15, 0.2) is 0 Å². The molecule has 0 radical (unpaired) electrons. The van der Waals surface area contributed by atoms with Gasteiger partial charge in [-0.25, -0.2) is 0 Å². The first kappa shape index (κ1) is 11.8. The summed E-state index contributed by atoms with van der Waals surface area (Å²) in [5, 5.41) is 2.79. The quantitative estimate of drug-likeness (QED) is 0.515. The minimum atomic E-state index is -0.0356. The van der Waals surface area contributed by atoms with Crippen molar-refractivity contribution in [2.75, 3.05) is 12.4 Å². The second kappa shape index (κ2) is 6.24. The number of hydrogen-bond acceptors (Lipinski definition) is 1. The number of benzene rings is 1. The molecule has 76 valence electrons. The Balaban J connectivity index is 2.48. The average Bonchev–Trinajstić information content (AvgIpc) is 2.19. The smallest absolute Gasteiger partial charge is 0.251 e. The Hall–Kier alpha value is -0.290. The van der Waals surface area contributed by atoms with Gasteiger partial charge >= 0.3 is 0 Å². The summed E-state index contributed by atoms with van der Waals surface area (Å²) in [5.41, 5.74) is 0.694. The second-order valence-electron chi connectivity index (χ2n) is 2.81. The molecule has 14 heavy (non-hydrogen) atoms. The Labute approximate surface area is 102 Å². The summed E-state index contributed by atoms with van der Waals surface area (Å²) in [4.78, 5) is 11.5. The van der Waals surface area contributed by atoms with Gasteiger partial charge in [0.05, 0.1) is 0 Å². The minimum absolute atomic E-state index is 0.0356.